The largest absolute Gasteiger partial charge is 0.315 e. The molecule has 0 bridgehead atoms. The van der Waals surface area contributed by atoms with Crippen LogP contribution >= 0.6 is 0 Å². The van der Waals surface area contributed by atoms with E-state index in [9.17, 15) is 4.39 Å². The molecule has 3 rings (SSSR count). The molecule has 1 unspecified atom stereocenters. The monoisotopic (exact) mass is 233 g/mol. The number of nitrogens with zero attached hydrogens (tertiary/aromatic N) is 4. The van der Waals surface area contributed by atoms with E-state index in [1.807, 2.05) is 4.68 Å². The Kier molecular flexibility index (Phi) is 2.56. The quantitative estimate of drug-likeness (QED) is 0.787. The summed E-state index contributed by atoms with van der Waals surface area (Å²) in [6.07, 6.45) is 4.23. The Bertz CT molecular complexity index is 501. The predicted octanol–water partition coefficient (Wildman–Crippen LogP) is 1.01. The fourth-order valence-electron chi connectivity index (χ4n) is 2.10. The summed E-state index contributed by atoms with van der Waals surface area (Å²) in [4.78, 5) is 3.65. The smallest absolute Gasteiger partial charge is 0.212 e. The van der Waals surface area contributed by atoms with Crippen LogP contribution in [0.1, 0.15) is 12.5 Å². The van der Waals surface area contributed by atoms with Gasteiger partial charge in [-0.25, -0.2) is 9.67 Å². The predicted molar refractivity (Wildman–Crippen MR) is 59.7 cm³/mol. The number of aromatic nitrogens is 4. The number of pyridine rings is 1. The topological polar surface area (TPSA) is 55.6 Å². The van der Waals surface area contributed by atoms with E-state index in [1.54, 1.807) is 12.3 Å². The van der Waals surface area contributed by atoms with Gasteiger partial charge in [-0.15, -0.1) is 5.10 Å². The molecular formula is C11H12FN5. The Labute approximate surface area is 97.7 Å². The van der Waals surface area contributed by atoms with Crippen molar-refractivity contribution in [3.05, 3.63) is 30.5 Å². The SMILES string of the molecule is Fc1ccc(-c2cnnn2C2CCNC2)cn1. The maximum Gasteiger partial charge on any atom is 0.212 e. The summed E-state index contributed by atoms with van der Waals surface area (Å²) in [6.45, 7) is 1.89. The third-order valence-corrected chi connectivity index (χ3v) is 2.98. The van der Waals surface area contributed by atoms with Crippen LogP contribution in [0, 0.1) is 5.95 Å². The van der Waals surface area contributed by atoms with Gasteiger partial charge in [0.05, 0.1) is 17.9 Å². The van der Waals surface area contributed by atoms with Crippen molar-refractivity contribution in [1.29, 1.82) is 0 Å². The second-order valence-electron chi connectivity index (χ2n) is 4.08. The average molecular weight is 233 g/mol. The second-order valence-corrected chi connectivity index (χ2v) is 4.08. The molecule has 3 heterocycles. The molecule has 0 saturated carbocycles. The highest BCUT2D eigenvalue weighted by Gasteiger charge is 2.20. The molecule has 5 nitrogen and oxygen atoms in total. The lowest BCUT2D eigenvalue weighted by Crippen LogP contribution is -2.15. The van der Waals surface area contributed by atoms with Gasteiger partial charge in [0.2, 0.25) is 5.95 Å². The first-order valence-electron chi connectivity index (χ1n) is 5.57. The number of halogens is 1. The standard InChI is InChI=1S/C11H12FN5/c12-11-2-1-8(5-14-11)10-7-15-16-17(10)9-3-4-13-6-9/h1-2,5,7,9,13H,3-4,6H2. The molecule has 1 fully saturated rings. The fraction of sp³-hybridized carbons (Fsp3) is 0.364. The number of hydrogen-bond acceptors (Lipinski definition) is 4. The molecule has 0 radical (unpaired) electrons. The van der Waals surface area contributed by atoms with Gasteiger partial charge in [0, 0.05) is 18.3 Å². The Hall–Kier alpha value is -1.82. The van der Waals surface area contributed by atoms with Crippen molar-refractivity contribution in [2.45, 2.75) is 12.5 Å². The van der Waals surface area contributed by atoms with Gasteiger partial charge in [0.15, 0.2) is 0 Å². The summed E-state index contributed by atoms with van der Waals surface area (Å²) in [5, 5.41) is 11.3. The summed E-state index contributed by atoms with van der Waals surface area (Å²) in [6, 6.07) is 3.36. The van der Waals surface area contributed by atoms with Crippen molar-refractivity contribution >= 4 is 0 Å². The van der Waals surface area contributed by atoms with Crippen LogP contribution in [-0.4, -0.2) is 33.1 Å². The molecule has 1 atom stereocenters. The third kappa shape index (κ3) is 1.91. The highest BCUT2D eigenvalue weighted by molar-refractivity contribution is 5.56. The van der Waals surface area contributed by atoms with Gasteiger partial charge in [-0.2, -0.15) is 4.39 Å². The summed E-state index contributed by atoms with van der Waals surface area (Å²) in [5.41, 5.74) is 1.72. The van der Waals surface area contributed by atoms with E-state index in [1.165, 1.54) is 12.3 Å². The zero-order valence-electron chi connectivity index (χ0n) is 9.17. The normalized spacial score (nSPS) is 19.7. The molecule has 1 aliphatic rings. The molecule has 2 aromatic rings. The molecule has 6 heteroatoms. The summed E-state index contributed by atoms with van der Waals surface area (Å²) in [7, 11) is 0. The minimum atomic E-state index is -0.477. The van der Waals surface area contributed by atoms with Gasteiger partial charge in [-0.05, 0) is 25.1 Å². The molecule has 1 N–H and O–H groups in total. The fourth-order valence-corrected chi connectivity index (χ4v) is 2.10. The van der Waals surface area contributed by atoms with Crippen LogP contribution < -0.4 is 5.32 Å². The molecule has 0 aliphatic carbocycles. The van der Waals surface area contributed by atoms with Gasteiger partial charge in [0.25, 0.3) is 0 Å². The van der Waals surface area contributed by atoms with E-state index in [0.717, 1.165) is 30.8 Å². The Morgan fingerprint density at radius 3 is 3.00 bits per heavy atom. The zero-order valence-corrected chi connectivity index (χ0v) is 9.17. The molecular weight excluding hydrogens is 221 g/mol. The Morgan fingerprint density at radius 2 is 2.29 bits per heavy atom. The minimum Gasteiger partial charge on any atom is -0.315 e. The third-order valence-electron chi connectivity index (χ3n) is 2.98. The number of nitrogens with one attached hydrogen (secondary N) is 1. The lowest BCUT2D eigenvalue weighted by molar-refractivity contribution is 0.480. The van der Waals surface area contributed by atoms with Crippen LogP contribution in [0.15, 0.2) is 24.5 Å². The van der Waals surface area contributed by atoms with Crippen molar-refractivity contribution in [2.75, 3.05) is 13.1 Å². The molecule has 1 aliphatic heterocycles. The second kappa shape index (κ2) is 4.21. The van der Waals surface area contributed by atoms with E-state index < -0.39 is 5.95 Å². The van der Waals surface area contributed by atoms with Crippen molar-refractivity contribution in [2.24, 2.45) is 0 Å². The van der Waals surface area contributed by atoms with Gasteiger partial charge in [-0.3, -0.25) is 0 Å². The average Bonchev–Trinajstić information content (AvgIpc) is 3.00. The van der Waals surface area contributed by atoms with Crippen molar-refractivity contribution in [1.82, 2.24) is 25.3 Å². The van der Waals surface area contributed by atoms with Crippen LogP contribution in [0.25, 0.3) is 11.3 Å². The Balaban J connectivity index is 1.97. The first-order chi connectivity index (χ1) is 8.34. The summed E-state index contributed by atoms with van der Waals surface area (Å²) >= 11 is 0. The molecule has 0 aromatic carbocycles. The van der Waals surface area contributed by atoms with Gasteiger partial charge < -0.3 is 5.32 Å². The first kappa shape index (κ1) is 10.3. The maximum atomic E-state index is 12.8. The minimum absolute atomic E-state index is 0.317. The molecule has 88 valence electrons. The van der Waals surface area contributed by atoms with Gasteiger partial charge >= 0.3 is 0 Å². The van der Waals surface area contributed by atoms with Crippen molar-refractivity contribution < 1.29 is 4.39 Å². The van der Waals surface area contributed by atoms with E-state index in [0.29, 0.717) is 6.04 Å². The van der Waals surface area contributed by atoms with Crippen LogP contribution in [0.2, 0.25) is 0 Å². The van der Waals surface area contributed by atoms with E-state index in [2.05, 4.69) is 20.6 Å². The van der Waals surface area contributed by atoms with Crippen molar-refractivity contribution in [3.63, 3.8) is 0 Å². The lowest BCUT2D eigenvalue weighted by atomic mass is 10.2. The zero-order chi connectivity index (χ0) is 11.7. The molecule has 1 saturated heterocycles. The van der Waals surface area contributed by atoms with Gasteiger partial charge in [-0.1, -0.05) is 5.21 Å². The number of hydrogen-bond donors (Lipinski definition) is 1. The van der Waals surface area contributed by atoms with Gasteiger partial charge in [0.1, 0.15) is 0 Å². The van der Waals surface area contributed by atoms with E-state index in [4.69, 9.17) is 0 Å². The van der Waals surface area contributed by atoms with E-state index >= 15 is 0 Å². The van der Waals surface area contributed by atoms with Crippen molar-refractivity contribution in [3.8, 4) is 11.3 Å². The molecule has 17 heavy (non-hydrogen) atoms. The summed E-state index contributed by atoms with van der Waals surface area (Å²) in [5.74, 6) is -0.477. The maximum absolute atomic E-state index is 12.8. The molecule has 0 amide bonds. The number of rotatable bonds is 2. The first-order valence-corrected chi connectivity index (χ1v) is 5.57. The highest BCUT2D eigenvalue weighted by atomic mass is 19.1. The van der Waals surface area contributed by atoms with Crippen LogP contribution in [0.4, 0.5) is 4.39 Å². The Morgan fingerprint density at radius 1 is 1.35 bits per heavy atom. The lowest BCUT2D eigenvalue weighted by Gasteiger charge is -2.11. The molecule has 2 aromatic heterocycles. The summed E-state index contributed by atoms with van der Waals surface area (Å²) < 4.78 is 14.7. The molecule has 0 spiro atoms. The van der Waals surface area contributed by atoms with E-state index in [-0.39, 0.29) is 0 Å². The highest BCUT2D eigenvalue weighted by Crippen LogP contribution is 2.23. The van der Waals surface area contributed by atoms with Crippen LogP contribution in [-0.2, 0) is 0 Å². The van der Waals surface area contributed by atoms with Crippen LogP contribution in [0.3, 0.4) is 0 Å². The van der Waals surface area contributed by atoms with Crippen LogP contribution in [0.5, 0.6) is 0 Å².